The zero-order valence-corrected chi connectivity index (χ0v) is 9.31. The van der Waals surface area contributed by atoms with Crippen molar-refractivity contribution in [2.75, 3.05) is 13.1 Å². The van der Waals surface area contributed by atoms with Gasteiger partial charge >= 0.3 is 0 Å². The van der Waals surface area contributed by atoms with Crippen LogP contribution in [0.4, 0.5) is 0 Å². The van der Waals surface area contributed by atoms with Gasteiger partial charge in [-0.15, -0.1) is 0 Å². The molecule has 4 heteroatoms. The van der Waals surface area contributed by atoms with Crippen LogP contribution < -0.4 is 5.32 Å². The molecular weight excluding hydrogens is 202 g/mol. The van der Waals surface area contributed by atoms with Gasteiger partial charge in [0, 0.05) is 7.05 Å². The Balaban J connectivity index is 2.05. The van der Waals surface area contributed by atoms with E-state index in [2.05, 4.69) is 28.5 Å². The lowest BCUT2D eigenvalue weighted by Crippen LogP contribution is -2.19. The largest absolute Gasteiger partial charge is 0.334 e. The first-order chi connectivity index (χ1) is 7.81. The van der Waals surface area contributed by atoms with Gasteiger partial charge in [0.05, 0.1) is 23.9 Å². The Hall–Kier alpha value is -1.68. The minimum Gasteiger partial charge on any atom is -0.334 e. The molecule has 0 spiro atoms. The van der Waals surface area contributed by atoms with Crippen molar-refractivity contribution in [1.29, 1.82) is 0 Å². The summed E-state index contributed by atoms with van der Waals surface area (Å²) in [6.07, 6.45) is 3.61. The average Bonchev–Trinajstić information content (AvgIpc) is 2.66. The molecule has 16 heavy (non-hydrogen) atoms. The second-order valence-corrected chi connectivity index (χ2v) is 3.80. The molecule has 0 saturated heterocycles. The first-order valence-electron chi connectivity index (χ1n) is 5.35. The molecule has 2 rings (SSSR count). The number of aryl methyl sites for hydroxylation is 1. The molecule has 0 radical (unpaired) electrons. The van der Waals surface area contributed by atoms with Crippen molar-refractivity contribution in [2.24, 2.45) is 7.05 Å². The molecule has 84 valence electrons. The maximum atomic E-state index is 10.1. The van der Waals surface area contributed by atoms with Crippen LogP contribution in [0.2, 0.25) is 0 Å². The predicted octanol–water partition coefficient (Wildman–Crippen LogP) is 0.904. The second kappa shape index (κ2) is 4.90. The van der Waals surface area contributed by atoms with Crippen LogP contribution >= 0.6 is 0 Å². The van der Waals surface area contributed by atoms with Crippen LogP contribution in [-0.2, 0) is 18.3 Å². The van der Waals surface area contributed by atoms with E-state index in [0.717, 1.165) is 30.3 Å². The summed E-state index contributed by atoms with van der Waals surface area (Å²) in [5.74, 6) is 0. The van der Waals surface area contributed by atoms with Crippen molar-refractivity contribution in [3.63, 3.8) is 0 Å². The molecule has 1 aromatic carbocycles. The third-order valence-electron chi connectivity index (χ3n) is 2.61. The maximum Gasteiger partial charge on any atom is 0.133 e. The number of carbonyl (C=O) groups is 1. The first-order valence-corrected chi connectivity index (χ1v) is 5.35. The summed E-state index contributed by atoms with van der Waals surface area (Å²) in [6.45, 7) is 1.24. The standard InChI is InChI=1S/C12H15N3O/c1-15-9-14-11-8-10(2-3-12(11)15)4-5-13-6-7-16/h2-3,7-9,13H,4-6H2,1H3. The molecule has 0 aliphatic heterocycles. The molecule has 1 aromatic heterocycles. The van der Waals surface area contributed by atoms with E-state index < -0.39 is 0 Å². The molecule has 0 aliphatic rings. The lowest BCUT2D eigenvalue weighted by Gasteiger charge is -2.02. The minimum atomic E-state index is 0.422. The highest BCUT2D eigenvalue weighted by Gasteiger charge is 2.00. The van der Waals surface area contributed by atoms with Crippen molar-refractivity contribution in [3.8, 4) is 0 Å². The van der Waals surface area contributed by atoms with Gasteiger partial charge in [-0.25, -0.2) is 4.98 Å². The van der Waals surface area contributed by atoms with E-state index in [1.807, 2.05) is 17.9 Å². The highest BCUT2D eigenvalue weighted by molar-refractivity contribution is 5.75. The van der Waals surface area contributed by atoms with Crippen LogP contribution in [-0.4, -0.2) is 28.9 Å². The molecule has 0 aliphatic carbocycles. The van der Waals surface area contributed by atoms with E-state index in [-0.39, 0.29) is 0 Å². The third kappa shape index (κ3) is 2.28. The Morgan fingerprint density at radius 2 is 2.38 bits per heavy atom. The van der Waals surface area contributed by atoms with Crippen molar-refractivity contribution in [3.05, 3.63) is 30.1 Å². The number of imidazole rings is 1. The van der Waals surface area contributed by atoms with Crippen LogP contribution in [0.25, 0.3) is 11.0 Å². The van der Waals surface area contributed by atoms with Crippen LogP contribution in [0.5, 0.6) is 0 Å². The fraction of sp³-hybridized carbons (Fsp3) is 0.333. The summed E-state index contributed by atoms with van der Waals surface area (Å²) in [5.41, 5.74) is 3.41. The quantitative estimate of drug-likeness (QED) is 0.598. The smallest absolute Gasteiger partial charge is 0.133 e. The van der Waals surface area contributed by atoms with Crippen LogP contribution in [0.15, 0.2) is 24.5 Å². The van der Waals surface area contributed by atoms with Crippen molar-refractivity contribution in [2.45, 2.75) is 6.42 Å². The maximum absolute atomic E-state index is 10.1. The number of nitrogens with one attached hydrogen (secondary N) is 1. The number of aldehydes is 1. The SMILES string of the molecule is Cn1cnc2cc(CCNCC=O)ccc21. The van der Waals surface area contributed by atoms with Crippen LogP contribution in [0.1, 0.15) is 5.56 Å². The van der Waals surface area contributed by atoms with Gasteiger partial charge in [-0.05, 0) is 30.7 Å². The van der Waals surface area contributed by atoms with E-state index in [0.29, 0.717) is 6.54 Å². The first kappa shape index (κ1) is 10.8. The van der Waals surface area contributed by atoms with Gasteiger partial charge in [-0.3, -0.25) is 0 Å². The monoisotopic (exact) mass is 217 g/mol. The molecule has 0 bridgehead atoms. The minimum absolute atomic E-state index is 0.422. The normalized spacial score (nSPS) is 10.8. The Kier molecular flexibility index (Phi) is 3.31. The molecule has 0 atom stereocenters. The Bertz CT molecular complexity index is 490. The summed E-state index contributed by atoms with van der Waals surface area (Å²) >= 11 is 0. The Morgan fingerprint density at radius 1 is 1.50 bits per heavy atom. The molecule has 1 heterocycles. The topological polar surface area (TPSA) is 46.9 Å². The van der Waals surface area contributed by atoms with Crippen molar-refractivity contribution in [1.82, 2.24) is 14.9 Å². The van der Waals surface area contributed by atoms with Gasteiger partial charge in [0.15, 0.2) is 0 Å². The average molecular weight is 217 g/mol. The van der Waals surface area contributed by atoms with Gasteiger partial charge in [0.2, 0.25) is 0 Å². The van der Waals surface area contributed by atoms with E-state index in [4.69, 9.17) is 0 Å². The highest BCUT2D eigenvalue weighted by atomic mass is 16.1. The number of hydrogen-bond acceptors (Lipinski definition) is 3. The third-order valence-corrected chi connectivity index (χ3v) is 2.61. The van der Waals surface area contributed by atoms with Gasteiger partial charge < -0.3 is 14.7 Å². The number of benzene rings is 1. The lowest BCUT2D eigenvalue weighted by atomic mass is 10.1. The molecule has 0 amide bonds. The molecular formula is C12H15N3O. The van der Waals surface area contributed by atoms with Crippen molar-refractivity contribution >= 4 is 17.3 Å². The second-order valence-electron chi connectivity index (χ2n) is 3.80. The molecule has 4 nitrogen and oxygen atoms in total. The number of aromatic nitrogens is 2. The summed E-state index contributed by atoms with van der Waals surface area (Å²) < 4.78 is 2.00. The molecule has 1 N–H and O–H groups in total. The number of fused-ring (bicyclic) bond motifs is 1. The predicted molar refractivity (Wildman–Crippen MR) is 63.4 cm³/mol. The van der Waals surface area contributed by atoms with E-state index in [9.17, 15) is 4.79 Å². The van der Waals surface area contributed by atoms with Gasteiger partial charge in [0.1, 0.15) is 6.29 Å². The summed E-state index contributed by atoms with van der Waals surface area (Å²) in [7, 11) is 1.99. The number of rotatable bonds is 5. The summed E-state index contributed by atoms with van der Waals surface area (Å²) in [6, 6.07) is 6.28. The zero-order chi connectivity index (χ0) is 11.4. The lowest BCUT2D eigenvalue weighted by molar-refractivity contribution is -0.107. The van der Waals surface area contributed by atoms with Crippen LogP contribution in [0.3, 0.4) is 0 Å². The number of carbonyl (C=O) groups excluding carboxylic acids is 1. The van der Waals surface area contributed by atoms with E-state index in [1.54, 1.807) is 0 Å². The number of nitrogens with zero attached hydrogens (tertiary/aromatic N) is 2. The highest BCUT2D eigenvalue weighted by Crippen LogP contribution is 2.13. The zero-order valence-electron chi connectivity index (χ0n) is 9.31. The number of hydrogen-bond donors (Lipinski definition) is 1. The van der Waals surface area contributed by atoms with Crippen molar-refractivity contribution < 1.29 is 4.79 Å². The van der Waals surface area contributed by atoms with Crippen LogP contribution in [0, 0.1) is 0 Å². The fourth-order valence-electron chi connectivity index (χ4n) is 1.73. The van der Waals surface area contributed by atoms with Gasteiger partial charge in [-0.1, -0.05) is 6.07 Å². The Labute approximate surface area is 94.3 Å². The fourth-order valence-corrected chi connectivity index (χ4v) is 1.73. The van der Waals surface area contributed by atoms with E-state index >= 15 is 0 Å². The molecule has 0 saturated carbocycles. The molecule has 2 aromatic rings. The molecule has 0 unspecified atom stereocenters. The van der Waals surface area contributed by atoms with Gasteiger partial charge in [0.25, 0.3) is 0 Å². The van der Waals surface area contributed by atoms with Gasteiger partial charge in [-0.2, -0.15) is 0 Å². The summed E-state index contributed by atoms with van der Waals surface area (Å²) in [5, 5.41) is 3.04. The van der Waals surface area contributed by atoms with E-state index in [1.165, 1.54) is 5.56 Å². The summed E-state index contributed by atoms with van der Waals surface area (Å²) in [4.78, 5) is 14.4. The molecule has 0 fully saturated rings. The Morgan fingerprint density at radius 3 is 3.19 bits per heavy atom.